The van der Waals surface area contributed by atoms with Crippen LogP contribution in [0.25, 0.3) is 0 Å². The number of ether oxygens (including phenoxy) is 1. The van der Waals surface area contributed by atoms with Crippen LogP contribution < -0.4 is 21.2 Å². The van der Waals surface area contributed by atoms with Crippen molar-refractivity contribution < 1.29 is 9.53 Å². The third-order valence-corrected chi connectivity index (χ3v) is 4.33. The number of nitrogens with one attached hydrogen (secondary N) is 2. The van der Waals surface area contributed by atoms with Crippen LogP contribution in [0.1, 0.15) is 27.2 Å². The predicted octanol–water partition coefficient (Wildman–Crippen LogP) is 1.83. The molecule has 7 nitrogen and oxygen atoms in total. The van der Waals surface area contributed by atoms with Gasteiger partial charge in [-0.2, -0.15) is 0 Å². The normalized spacial score (nSPS) is 10.5. The lowest BCUT2D eigenvalue weighted by molar-refractivity contribution is 0.0950. The molecule has 0 saturated carbocycles. The van der Waals surface area contributed by atoms with Crippen molar-refractivity contribution in [3.05, 3.63) is 97.8 Å². The van der Waals surface area contributed by atoms with Crippen LogP contribution in [0, 0.1) is 6.92 Å². The Hall–Kier alpha value is -3.61. The van der Waals surface area contributed by atoms with Gasteiger partial charge in [0, 0.05) is 23.5 Å². The molecule has 0 saturated heterocycles. The Morgan fingerprint density at radius 1 is 1.14 bits per heavy atom. The molecule has 0 fully saturated rings. The Morgan fingerprint density at radius 2 is 1.89 bits per heavy atom. The molecule has 28 heavy (non-hydrogen) atoms. The zero-order chi connectivity index (χ0) is 20.1. The van der Waals surface area contributed by atoms with Crippen LogP contribution in [-0.4, -0.2) is 22.6 Å². The molecule has 7 heteroatoms. The first-order valence-electron chi connectivity index (χ1n) is 8.77. The second kappa shape index (κ2) is 8.39. The van der Waals surface area contributed by atoms with E-state index in [0.717, 1.165) is 5.56 Å². The van der Waals surface area contributed by atoms with Crippen molar-refractivity contribution in [1.29, 1.82) is 0 Å². The molecular weight excluding hydrogens is 358 g/mol. The lowest BCUT2D eigenvalue weighted by atomic mass is 10.2. The van der Waals surface area contributed by atoms with Gasteiger partial charge in [0.2, 0.25) is 0 Å². The van der Waals surface area contributed by atoms with Crippen LogP contribution in [0.3, 0.4) is 0 Å². The van der Waals surface area contributed by atoms with Crippen molar-refractivity contribution in [3.8, 4) is 5.75 Å². The highest BCUT2D eigenvalue weighted by molar-refractivity contribution is 5.93. The first-order chi connectivity index (χ1) is 13.5. The number of methoxy groups -OCH3 is 1. The number of benzene rings is 1. The Labute approximate surface area is 161 Å². The first-order valence-corrected chi connectivity index (χ1v) is 8.77. The van der Waals surface area contributed by atoms with E-state index in [-0.39, 0.29) is 23.2 Å². The van der Waals surface area contributed by atoms with E-state index in [0.29, 0.717) is 23.6 Å². The molecule has 2 aromatic heterocycles. The Balaban J connectivity index is 1.73. The van der Waals surface area contributed by atoms with Crippen molar-refractivity contribution in [2.24, 2.45) is 0 Å². The third-order valence-electron chi connectivity index (χ3n) is 4.33. The van der Waals surface area contributed by atoms with E-state index in [1.807, 2.05) is 30.3 Å². The zero-order valence-electron chi connectivity index (χ0n) is 15.7. The maximum Gasteiger partial charge on any atom is 0.256 e. The number of hydrogen-bond donors (Lipinski definition) is 2. The molecule has 0 unspecified atom stereocenters. The van der Waals surface area contributed by atoms with Crippen molar-refractivity contribution in [2.45, 2.75) is 20.0 Å². The number of carbonyl (C=O) groups is 1. The van der Waals surface area contributed by atoms with E-state index >= 15 is 0 Å². The summed E-state index contributed by atoms with van der Waals surface area (Å²) in [7, 11) is 1.46. The molecule has 0 radical (unpaired) electrons. The predicted molar refractivity (Wildman–Crippen MR) is 106 cm³/mol. The molecule has 0 atom stereocenters. The molecule has 2 N–H and O–H groups in total. The number of amides is 1. The van der Waals surface area contributed by atoms with Crippen LogP contribution in [-0.2, 0) is 13.1 Å². The quantitative estimate of drug-likeness (QED) is 0.683. The molecule has 0 spiro atoms. The number of pyridine rings is 2. The highest BCUT2D eigenvalue weighted by Crippen LogP contribution is 2.14. The minimum atomic E-state index is -0.439. The second-order valence-electron chi connectivity index (χ2n) is 6.38. The Kier molecular flexibility index (Phi) is 5.74. The number of aromatic nitrogens is 2. The van der Waals surface area contributed by atoms with E-state index in [2.05, 4.69) is 10.3 Å². The second-order valence-corrected chi connectivity index (χ2v) is 6.38. The standard InChI is InChI=1S/C21H21N3O4/c1-14-10-18(28-2)17(21(27)23-14)12-22-20(26)16-8-9-24(19(25)11-16)13-15-6-4-3-5-7-15/h3-11H,12-13H2,1-2H3,(H,22,26)(H,23,27). The minimum absolute atomic E-state index is 0.00921. The third kappa shape index (κ3) is 4.37. The smallest absolute Gasteiger partial charge is 0.256 e. The maximum absolute atomic E-state index is 12.4. The highest BCUT2D eigenvalue weighted by Gasteiger charge is 2.13. The van der Waals surface area contributed by atoms with Gasteiger partial charge in [-0.1, -0.05) is 30.3 Å². The molecule has 2 heterocycles. The summed E-state index contributed by atoms with van der Waals surface area (Å²) in [6.07, 6.45) is 1.59. The van der Waals surface area contributed by atoms with E-state index < -0.39 is 5.91 Å². The van der Waals surface area contributed by atoms with E-state index in [1.54, 1.807) is 25.3 Å². The van der Waals surface area contributed by atoms with Crippen molar-refractivity contribution in [2.75, 3.05) is 7.11 Å². The average Bonchev–Trinajstić information content (AvgIpc) is 2.68. The zero-order valence-corrected chi connectivity index (χ0v) is 15.7. The van der Waals surface area contributed by atoms with E-state index in [9.17, 15) is 14.4 Å². The van der Waals surface area contributed by atoms with Crippen molar-refractivity contribution >= 4 is 5.91 Å². The lowest BCUT2D eigenvalue weighted by Gasteiger charge is -2.10. The maximum atomic E-state index is 12.4. The Morgan fingerprint density at radius 3 is 2.57 bits per heavy atom. The summed E-state index contributed by atoms with van der Waals surface area (Å²) in [4.78, 5) is 39.5. The number of aromatic amines is 1. The van der Waals surface area contributed by atoms with Crippen LogP contribution in [0.2, 0.25) is 0 Å². The number of aryl methyl sites for hydroxylation is 1. The van der Waals surface area contributed by atoms with Gasteiger partial charge in [-0.05, 0) is 24.6 Å². The van der Waals surface area contributed by atoms with Crippen molar-refractivity contribution in [3.63, 3.8) is 0 Å². The molecule has 0 aliphatic carbocycles. The summed E-state index contributed by atoms with van der Waals surface area (Å²) in [6.45, 7) is 2.17. The van der Waals surface area contributed by atoms with E-state index in [1.165, 1.54) is 17.7 Å². The molecule has 0 aliphatic rings. The number of carbonyl (C=O) groups excluding carboxylic acids is 1. The number of nitrogens with zero attached hydrogens (tertiary/aromatic N) is 1. The van der Waals surface area contributed by atoms with Crippen molar-refractivity contribution in [1.82, 2.24) is 14.9 Å². The summed E-state index contributed by atoms with van der Waals surface area (Å²) in [6, 6.07) is 14.1. The summed E-state index contributed by atoms with van der Waals surface area (Å²) in [5, 5.41) is 2.66. The summed E-state index contributed by atoms with van der Waals surface area (Å²) in [5.41, 5.74) is 1.61. The number of H-pyrrole nitrogens is 1. The minimum Gasteiger partial charge on any atom is -0.496 e. The number of hydrogen-bond acceptors (Lipinski definition) is 4. The average molecular weight is 379 g/mol. The topological polar surface area (TPSA) is 93.2 Å². The van der Waals surface area contributed by atoms with Crippen LogP contribution in [0.5, 0.6) is 5.75 Å². The number of rotatable bonds is 6. The van der Waals surface area contributed by atoms with Gasteiger partial charge in [0.05, 0.1) is 25.8 Å². The van der Waals surface area contributed by atoms with E-state index in [4.69, 9.17) is 4.74 Å². The molecule has 0 bridgehead atoms. The fourth-order valence-corrected chi connectivity index (χ4v) is 2.87. The molecule has 3 rings (SSSR count). The summed E-state index contributed by atoms with van der Waals surface area (Å²) < 4.78 is 6.74. The van der Waals surface area contributed by atoms with Gasteiger partial charge in [-0.3, -0.25) is 14.4 Å². The molecule has 1 amide bonds. The van der Waals surface area contributed by atoms with Gasteiger partial charge in [-0.15, -0.1) is 0 Å². The van der Waals surface area contributed by atoms with Gasteiger partial charge in [0.15, 0.2) is 0 Å². The lowest BCUT2D eigenvalue weighted by Crippen LogP contribution is -2.29. The molecular formula is C21H21N3O4. The van der Waals surface area contributed by atoms with Crippen LogP contribution in [0.15, 0.2) is 64.3 Å². The summed E-state index contributed by atoms with van der Waals surface area (Å²) in [5.74, 6) is -0.0363. The molecule has 0 aliphatic heterocycles. The summed E-state index contributed by atoms with van der Waals surface area (Å²) >= 11 is 0. The van der Waals surface area contributed by atoms with Gasteiger partial charge >= 0.3 is 0 Å². The SMILES string of the molecule is COc1cc(C)[nH]c(=O)c1CNC(=O)c1ccn(Cc2ccccc2)c(=O)c1. The Bertz CT molecular complexity index is 1100. The van der Waals surface area contributed by atoms with Crippen LogP contribution in [0.4, 0.5) is 0 Å². The first kappa shape index (κ1) is 19.2. The van der Waals surface area contributed by atoms with Gasteiger partial charge in [0.25, 0.3) is 17.0 Å². The largest absolute Gasteiger partial charge is 0.496 e. The van der Waals surface area contributed by atoms with Gasteiger partial charge in [0.1, 0.15) is 5.75 Å². The molecule has 1 aromatic carbocycles. The fourth-order valence-electron chi connectivity index (χ4n) is 2.87. The molecule has 144 valence electrons. The van der Waals surface area contributed by atoms with Gasteiger partial charge < -0.3 is 19.6 Å². The highest BCUT2D eigenvalue weighted by atomic mass is 16.5. The van der Waals surface area contributed by atoms with Gasteiger partial charge in [-0.25, -0.2) is 0 Å². The van der Waals surface area contributed by atoms with Crippen LogP contribution >= 0.6 is 0 Å². The molecule has 3 aromatic rings. The fraction of sp³-hybridized carbons (Fsp3) is 0.190. The monoisotopic (exact) mass is 379 g/mol.